The van der Waals surface area contributed by atoms with E-state index in [0.717, 1.165) is 32.3 Å². The summed E-state index contributed by atoms with van der Waals surface area (Å²) in [5.41, 5.74) is -0.147. The van der Waals surface area contributed by atoms with Gasteiger partial charge in [0.2, 0.25) is 9.05 Å². The van der Waals surface area contributed by atoms with Gasteiger partial charge in [0.1, 0.15) is 0 Å². The van der Waals surface area contributed by atoms with Crippen molar-refractivity contribution in [1.29, 1.82) is 0 Å². The summed E-state index contributed by atoms with van der Waals surface area (Å²) in [6, 6.07) is 0. The Hall–Kier alpha value is 0.200. The maximum absolute atomic E-state index is 11.5. The van der Waals surface area contributed by atoms with Crippen molar-refractivity contribution < 1.29 is 13.2 Å². The molecule has 0 aromatic rings. The fraction of sp³-hybridized carbons (Fsp3) is 1.00. The highest BCUT2D eigenvalue weighted by molar-refractivity contribution is 8.13. The molecule has 2 aliphatic carbocycles. The van der Waals surface area contributed by atoms with Gasteiger partial charge < -0.3 is 4.74 Å². The molecular formula is C13H21ClO3S. The third-order valence-corrected chi connectivity index (χ3v) is 6.52. The van der Waals surface area contributed by atoms with E-state index in [9.17, 15) is 8.42 Å². The Morgan fingerprint density at radius 3 is 2.61 bits per heavy atom. The van der Waals surface area contributed by atoms with E-state index in [0.29, 0.717) is 5.92 Å². The van der Waals surface area contributed by atoms with E-state index >= 15 is 0 Å². The highest BCUT2D eigenvalue weighted by Crippen LogP contribution is 2.71. The van der Waals surface area contributed by atoms with Crippen LogP contribution in [0, 0.1) is 16.7 Å². The first-order valence-corrected chi connectivity index (χ1v) is 9.22. The molecule has 3 aliphatic rings. The quantitative estimate of drug-likeness (QED) is 0.735. The normalized spacial score (nSPS) is 46.1. The van der Waals surface area contributed by atoms with Crippen molar-refractivity contribution in [2.45, 2.75) is 51.6 Å². The van der Waals surface area contributed by atoms with Gasteiger partial charge in [-0.1, -0.05) is 20.3 Å². The molecule has 3 rings (SSSR count). The second-order valence-corrected chi connectivity index (χ2v) is 10.0. The smallest absolute Gasteiger partial charge is 0.233 e. The van der Waals surface area contributed by atoms with Crippen LogP contribution in [0.2, 0.25) is 0 Å². The van der Waals surface area contributed by atoms with Crippen molar-refractivity contribution in [3.63, 3.8) is 0 Å². The minimum Gasteiger partial charge on any atom is -0.374 e. The fourth-order valence-electron chi connectivity index (χ4n) is 4.53. The zero-order chi connectivity index (χ0) is 13.2. The third-order valence-electron chi connectivity index (χ3n) is 5.33. The molecule has 0 aromatic heterocycles. The molecular weight excluding hydrogens is 272 g/mol. The molecule has 1 saturated heterocycles. The van der Waals surface area contributed by atoms with Gasteiger partial charge in [-0.3, -0.25) is 0 Å². The molecule has 18 heavy (non-hydrogen) atoms. The maximum Gasteiger partial charge on any atom is 0.233 e. The van der Waals surface area contributed by atoms with Crippen molar-refractivity contribution in [1.82, 2.24) is 0 Å². The highest BCUT2D eigenvalue weighted by Gasteiger charge is 2.73. The molecule has 0 N–H and O–H groups in total. The molecule has 1 spiro atoms. The lowest BCUT2D eigenvalue weighted by Crippen LogP contribution is -2.48. The van der Waals surface area contributed by atoms with E-state index in [1.54, 1.807) is 0 Å². The van der Waals surface area contributed by atoms with Gasteiger partial charge in [0.25, 0.3) is 0 Å². The summed E-state index contributed by atoms with van der Waals surface area (Å²) in [7, 11) is 2.07. The Morgan fingerprint density at radius 1 is 1.33 bits per heavy atom. The first-order chi connectivity index (χ1) is 8.18. The number of ether oxygens (including phenoxy) is 1. The van der Waals surface area contributed by atoms with Crippen LogP contribution in [-0.4, -0.2) is 26.4 Å². The van der Waals surface area contributed by atoms with Gasteiger partial charge in [0, 0.05) is 16.1 Å². The Kier molecular flexibility index (Phi) is 2.67. The lowest BCUT2D eigenvalue weighted by molar-refractivity contribution is -0.103. The van der Waals surface area contributed by atoms with Crippen LogP contribution in [0.5, 0.6) is 0 Å². The lowest BCUT2D eigenvalue weighted by Gasteiger charge is -2.47. The Labute approximate surface area is 114 Å². The van der Waals surface area contributed by atoms with E-state index in [4.69, 9.17) is 15.4 Å². The molecule has 2 saturated carbocycles. The van der Waals surface area contributed by atoms with Crippen LogP contribution in [0.25, 0.3) is 0 Å². The van der Waals surface area contributed by atoms with Crippen LogP contribution in [0.1, 0.15) is 46.0 Å². The van der Waals surface area contributed by atoms with Gasteiger partial charge in [0.05, 0.1) is 18.0 Å². The van der Waals surface area contributed by atoms with E-state index in [2.05, 4.69) is 13.8 Å². The average Bonchev–Trinajstić information content (AvgIpc) is 2.79. The van der Waals surface area contributed by atoms with Crippen LogP contribution in [0.4, 0.5) is 0 Å². The molecule has 0 aromatic carbocycles. The second kappa shape index (κ2) is 3.64. The van der Waals surface area contributed by atoms with Crippen LogP contribution in [0.15, 0.2) is 0 Å². The number of fused-ring (bicyclic) bond motifs is 2. The number of halogens is 1. The summed E-state index contributed by atoms with van der Waals surface area (Å²) in [6.07, 6.45) is 5.29. The van der Waals surface area contributed by atoms with Gasteiger partial charge in [-0.25, -0.2) is 8.42 Å². The SMILES string of the molecule is CC1(C)CCCC2(C1)OCC1CC12CS(=O)(=O)Cl. The predicted octanol–water partition coefficient (Wildman–Crippen LogP) is 2.93. The molecule has 5 heteroatoms. The zero-order valence-corrected chi connectivity index (χ0v) is 12.6. The summed E-state index contributed by atoms with van der Waals surface area (Å²) >= 11 is 0. The standard InChI is InChI=1S/C13H21ClO3S/c1-11(2)4-3-5-13(8-11)12(9-18(14,15)16)6-10(12)7-17-13/h10H,3-9H2,1-2H3. The number of hydrogen-bond acceptors (Lipinski definition) is 3. The molecule has 3 atom stereocenters. The Morgan fingerprint density at radius 2 is 2.06 bits per heavy atom. The molecule has 3 unspecified atom stereocenters. The van der Waals surface area contributed by atoms with E-state index in [1.165, 1.54) is 6.42 Å². The summed E-state index contributed by atoms with van der Waals surface area (Å²) in [6.45, 7) is 5.24. The first-order valence-electron chi connectivity index (χ1n) is 6.75. The maximum atomic E-state index is 11.5. The minimum atomic E-state index is -3.44. The number of rotatable bonds is 2. The summed E-state index contributed by atoms with van der Waals surface area (Å²) in [4.78, 5) is 0. The van der Waals surface area contributed by atoms with Crippen molar-refractivity contribution >= 4 is 19.7 Å². The summed E-state index contributed by atoms with van der Waals surface area (Å²) in [5.74, 6) is 0.516. The molecule has 104 valence electrons. The van der Waals surface area contributed by atoms with Gasteiger partial charge in [-0.05, 0) is 37.0 Å². The van der Waals surface area contributed by atoms with Crippen LogP contribution < -0.4 is 0 Å². The van der Waals surface area contributed by atoms with Crippen molar-refractivity contribution in [2.24, 2.45) is 16.7 Å². The molecule has 3 fully saturated rings. The van der Waals surface area contributed by atoms with Crippen LogP contribution in [0.3, 0.4) is 0 Å². The monoisotopic (exact) mass is 292 g/mol. The lowest BCUT2D eigenvalue weighted by atomic mass is 9.64. The van der Waals surface area contributed by atoms with Gasteiger partial charge in [-0.2, -0.15) is 0 Å². The molecule has 0 bridgehead atoms. The van der Waals surface area contributed by atoms with Gasteiger partial charge in [0.15, 0.2) is 0 Å². The Bertz CT molecular complexity index is 473. The van der Waals surface area contributed by atoms with Gasteiger partial charge >= 0.3 is 0 Å². The van der Waals surface area contributed by atoms with E-state index in [1.807, 2.05) is 0 Å². The molecule has 1 aliphatic heterocycles. The third kappa shape index (κ3) is 1.92. The average molecular weight is 293 g/mol. The summed E-state index contributed by atoms with van der Waals surface area (Å²) in [5, 5.41) is 0. The van der Waals surface area contributed by atoms with Gasteiger partial charge in [-0.15, -0.1) is 0 Å². The topological polar surface area (TPSA) is 43.4 Å². The van der Waals surface area contributed by atoms with E-state index in [-0.39, 0.29) is 22.2 Å². The predicted molar refractivity (Wildman–Crippen MR) is 71.1 cm³/mol. The molecule has 3 nitrogen and oxygen atoms in total. The summed E-state index contributed by atoms with van der Waals surface area (Å²) < 4.78 is 29.1. The highest BCUT2D eigenvalue weighted by atomic mass is 35.7. The molecule has 1 heterocycles. The van der Waals surface area contributed by atoms with Crippen LogP contribution >= 0.6 is 10.7 Å². The first kappa shape index (κ1) is 13.2. The van der Waals surface area contributed by atoms with Crippen molar-refractivity contribution in [3.8, 4) is 0 Å². The second-order valence-electron chi connectivity index (χ2n) is 7.24. The largest absolute Gasteiger partial charge is 0.374 e. The van der Waals surface area contributed by atoms with Crippen molar-refractivity contribution in [2.75, 3.05) is 12.4 Å². The number of hydrogen-bond donors (Lipinski definition) is 0. The molecule has 0 radical (unpaired) electrons. The fourth-order valence-corrected chi connectivity index (χ4v) is 6.34. The van der Waals surface area contributed by atoms with Crippen LogP contribution in [-0.2, 0) is 13.8 Å². The zero-order valence-electron chi connectivity index (χ0n) is 11.0. The van der Waals surface area contributed by atoms with Crippen molar-refractivity contribution in [3.05, 3.63) is 0 Å². The molecule has 0 amide bonds. The van der Waals surface area contributed by atoms with E-state index < -0.39 is 9.05 Å². The Balaban J connectivity index is 1.92. The minimum absolute atomic E-state index is 0.0995.